The molecule has 2 aromatic heterocycles. The first-order valence-electron chi connectivity index (χ1n) is 23.6. The highest BCUT2D eigenvalue weighted by Crippen LogP contribution is 2.46. The van der Waals surface area contributed by atoms with Gasteiger partial charge in [-0.3, -0.25) is 0 Å². The van der Waals surface area contributed by atoms with E-state index in [-0.39, 0.29) is 0 Å². The van der Waals surface area contributed by atoms with Crippen molar-refractivity contribution in [2.75, 3.05) is 4.90 Å². The summed E-state index contributed by atoms with van der Waals surface area (Å²) in [6, 6.07) is 96.1. The van der Waals surface area contributed by atoms with Crippen LogP contribution in [-0.2, 0) is 0 Å². The fourth-order valence-corrected chi connectivity index (χ4v) is 10.4. The Morgan fingerprint density at radius 3 is 1.55 bits per heavy atom. The second kappa shape index (κ2) is 16.9. The Labute approximate surface area is 401 Å². The van der Waals surface area contributed by atoms with E-state index in [9.17, 15) is 0 Å². The number of furan rings is 1. The van der Waals surface area contributed by atoms with E-state index < -0.39 is 0 Å². The topological polar surface area (TPSA) is 21.3 Å². The van der Waals surface area contributed by atoms with Crippen LogP contribution in [0.4, 0.5) is 17.1 Å². The summed E-state index contributed by atoms with van der Waals surface area (Å²) < 4.78 is 8.99. The Bertz CT molecular complexity index is 3960. The quantitative estimate of drug-likeness (QED) is 0.144. The molecule has 69 heavy (non-hydrogen) atoms. The van der Waals surface area contributed by atoms with Crippen molar-refractivity contribution in [1.82, 2.24) is 4.57 Å². The third-order valence-corrected chi connectivity index (χ3v) is 13.6. The highest BCUT2D eigenvalue weighted by molar-refractivity contribution is 6.11. The summed E-state index contributed by atoms with van der Waals surface area (Å²) in [5, 5.41) is 4.73. The molecule has 0 atom stereocenters. The van der Waals surface area contributed by atoms with E-state index in [1.165, 1.54) is 32.9 Å². The lowest BCUT2D eigenvalue weighted by atomic mass is 9.93. The molecular weight excluding hydrogens is 837 g/mol. The largest absolute Gasteiger partial charge is 0.455 e. The van der Waals surface area contributed by atoms with Gasteiger partial charge in [-0.1, -0.05) is 212 Å². The molecule has 0 aliphatic heterocycles. The average molecular weight is 881 g/mol. The van der Waals surface area contributed by atoms with Crippen LogP contribution in [0.15, 0.2) is 271 Å². The first kappa shape index (κ1) is 40.1. The third-order valence-electron chi connectivity index (χ3n) is 13.6. The lowest BCUT2D eigenvalue weighted by molar-refractivity contribution is 0.670. The molecule has 2 heterocycles. The van der Waals surface area contributed by atoms with Gasteiger partial charge in [0, 0.05) is 49.6 Å². The molecule has 0 saturated heterocycles. The Hall–Kier alpha value is -9.18. The van der Waals surface area contributed by atoms with Crippen LogP contribution < -0.4 is 4.90 Å². The molecule has 0 aliphatic carbocycles. The molecule has 0 N–H and O–H groups in total. The van der Waals surface area contributed by atoms with Crippen LogP contribution in [0.5, 0.6) is 0 Å². The number of aromatic nitrogens is 1. The van der Waals surface area contributed by atoms with Crippen LogP contribution in [0, 0.1) is 0 Å². The summed E-state index contributed by atoms with van der Waals surface area (Å²) in [6.45, 7) is 0. The molecule has 0 aliphatic rings. The molecule has 11 aromatic carbocycles. The smallest absolute Gasteiger partial charge is 0.143 e. The predicted octanol–water partition coefficient (Wildman–Crippen LogP) is 18.5. The third kappa shape index (κ3) is 6.99. The Balaban J connectivity index is 0.966. The molecule has 3 heteroatoms. The van der Waals surface area contributed by atoms with E-state index in [0.29, 0.717) is 0 Å². The lowest BCUT2D eigenvalue weighted by Crippen LogP contribution is -2.12. The minimum Gasteiger partial charge on any atom is -0.455 e. The lowest BCUT2D eigenvalue weighted by Gasteiger charge is -2.29. The van der Waals surface area contributed by atoms with Crippen LogP contribution in [0.25, 0.3) is 105 Å². The summed E-state index contributed by atoms with van der Waals surface area (Å²) in [4.78, 5) is 2.42. The fourth-order valence-electron chi connectivity index (χ4n) is 10.4. The summed E-state index contributed by atoms with van der Waals surface area (Å²) in [6.07, 6.45) is 0. The van der Waals surface area contributed by atoms with Crippen LogP contribution in [0.2, 0.25) is 0 Å². The number of rotatable bonds is 9. The molecule has 0 saturated carbocycles. The van der Waals surface area contributed by atoms with Gasteiger partial charge in [-0.25, -0.2) is 0 Å². The Kier molecular flexibility index (Phi) is 9.84. The normalized spacial score (nSPS) is 11.5. The van der Waals surface area contributed by atoms with Gasteiger partial charge in [0.05, 0.1) is 22.4 Å². The molecular formula is C66H44N2O. The van der Waals surface area contributed by atoms with Crippen LogP contribution in [0.1, 0.15) is 0 Å². The number of hydrogen-bond acceptors (Lipinski definition) is 2. The zero-order valence-electron chi connectivity index (χ0n) is 37.7. The number of hydrogen-bond donors (Lipinski definition) is 0. The fraction of sp³-hybridized carbons (Fsp3) is 0. The summed E-state index contributed by atoms with van der Waals surface area (Å²) >= 11 is 0. The van der Waals surface area contributed by atoms with Crippen molar-refractivity contribution < 1.29 is 4.42 Å². The van der Waals surface area contributed by atoms with Crippen molar-refractivity contribution in [1.29, 1.82) is 0 Å². The molecule has 0 bridgehead atoms. The highest BCUT2D eigenvalue weighted by Gasteiger charge is 2.22. The Morgan fingerprint density at radius 2 is 0.797 bits per heavy atom. The standard InChI is InChI=1S/C66H44N2O/c1-2-18-45(19-3-1)46-36-38-47(39-37-46)49-20-16-21-51(44-49)67(50-42-40-48(41-43-50)52-22-4-5-23-53(52)59-29-17-30-60-58-28-10-15-35-65(58)69-66(59)60)61-31-11-6-24-54(61)55-25-7-12-32-62(55)68-63-33-13-8-26-56(63)57-27-9-14-34-64(57)68/h1-44H. The number of para-hydroxylation sites is 6. The minimum absolute atomic E-state index is 0.896. The van der Waals surface area contributed by atoms with Crippen molar-refractivity contribution in [3.63, 3.8) is 0 Å². The summed E-state index contributed by atoms with van der Waals surface area (Å²) in [5.41, 5.74) is 19.9. The maximum absolute atomic E-state index is 6.56. The van der Waals surface area contributed by atoms with Gasteiger partial charge in [0.2, 0.25) is 0 Å². The first-order valence-corrected chi connectivity index (χ1v) is 23.6. The van der Waals surface area contributed by atoms with E-state index in [4.69, 9.17) is 4.42 Å². The highest BCUT2D eigenvalue weighted by atomic mass is 16.3. The molecule has 324 valence electrons. The number of nitrogens with zero attached hydrogens (tertiary/aromatic N) is 2. The van der Waals surface area contributed by atoms with Crippen molar-refractivity contribution in [3.8, 4) is 61.3 Å². The zero-order valence-corrected chi connectivity index (χ0v) is 37.7. The molecule has 13 rings (SSSR count). The Morgan fingerprint density at radius 1 is 0.290 bits per heavy atom. The number of fused-ring (bicyclic) bond motifs is 6. The summed E-state index contributed by atoms with van der Waals surface area (Å²) in [7, 11) is 0. The molecule has 0 fully saturated rings. The molecule has 0 radical (unpaired) electrons. The van der Waals surface area contributed by atoms with Gasteiger partial charge in [0.1, 0.15) is 11.2 Å². The van der Waals surface area contributed by atoms with E-state index in [1.54, 1.807) is 0 Å². The van der Waals surface area contributed by atoms with Crippen molar-refractivity contribution >= 4 is 60.8 Å². The zero-order chi connectivity index (χ0) is 45.7. The number of benzene rings is 11. The second-order valence-corrected chi connectivity index (χ2v) is 17.6. The van der Waals surface area contributed by atoms with Gasteiger partial charge in [-0.2, -0.15) is 0 Å². The molecule has 3 nitrogen and oxygen atoms in total. The van der Waals surface area contributed by atoms with E-state index in [2.05, 4.69) is 264 Å². The van der Waals surface area contributed by atoms with Crippen LogP contribution >= 0.6 is 0 Å². The van der Waals surface area contributed by atoms with Crippen molar-refractivity contribution in [2.24, 2.45) is 0 Å². The van der Waals surface area contributed by atoms with Crippen molar-refractivity contribution in [2.45, 2.75) is 0 Å². The van der Waals surface area contributed by atoms with Gasteiger partial charge in [-0.15, -0.1) is 0 Å². The summed E-state index contributed by atoms with van der Waals surface area (Å²) in [5.74, 6) is 0. The monoisotopic (exact) mass is 880 g/mol. The van der Waals surface area contributed by atoms with Gasteiger partial charge in [-0.05, 0) is 93.5 Å². The second-order valence-electron chi connectivity index (χ2n) is 17.6. The first-order chi connectivity index (χ1) is 34.2. The maximum Gasteiger partial charge on any atom is 0.143 e. The molecule has 0 amide bonds. The van der Waals surface area contributed by atoms with Gasteiger partial charge in [0.15, 0.2) is 0 Å². The predicted molar refractivity (Wildman–Crippen MR) is 290 cm³/mol. The van der Waals surface area contributed by atoms with E-state index in [1.807, 2.05) is 12.1 Å². The minimum atomic E-state index is 0.896. The van der Waals surface area contributed by atoms with E-state index in [0.717, 1.165) is 89.2 Å². The van der Waals surface area contributed by atoms with Gasteiger partial charge >= 0.3 is 0 Å². The number of anilines is 3. The van der Waals surface area contributed by atoms with Crippen LogP contribution in [0.3, 0.4) is 0 Å². The molecule has 0 spiro atoms. The van der Waals surface area contributed by atoms with Crippen LogP contribution in [-0.4, -0.2) is 4.57 Å². The average Bonchev–Trinajstić information content (AvgIpc) is 3.98. The van der Waals surface area contributed by atoms with Gasteiger partial charge in [0.25, 0.3) is 0 Å². The maximum atomic E-state index is 6.56. The SMILES string of the molecule is c1ccc(-c2ccc(-c3cccc(N(c4ccc(-c5ccccc5-c5cccc6c5oc5ccccc56)cc4)c4ccccc4-c4ccccc4-n4c5ccccc5c5ccccc54)c3)cc2)cc1. The molecule has 0 unspecified atom stereocenters. The van der Waals surface area contributed by atoms with Crippen molar-refractivity contribution in [3.05, 3.63) is 267 Å². The van der Waals surface area contributed by atoms with Gasteiger partial charge < -0.3 is 13.9 Å². The van der Waals surface area contributed by atoms with E-state index >= 15 is 0 Å². The molecule has 13 aromatic rings.